The molecule has 0 fully saturated rings. The molecule has 0 heterocycles. The first kappa shape index (κ1) is 29.9. The monoisotopic (exact) mass is 531 g/mol. The molecular weight excluding hydrogens is 490 g/mol. The molecule has 0 saturated heterocycles. The van der Waals surface area contributed by atoms with Gasteiger partial charge in [0.1, 0.15) is 5.75 Å². The Morgan fingerprint density at radius 2 is 1.54 bits per heavy atom. The molecule has 0 radical (unpaired) electrons. The summed E-state index contributed by atoms with van der Waals surface area (Å²) in [6.45, 7) is 9.23. The molecule has 0 aromatic heterocycles. The maximum Gasteiger partial charge on any atom is 0.343 e. The number of ether oxygens (including phenoxy) is 2. The van der Waals surface area contributed by atoms with Crippen molar-refractivity contribution in [3.8, 4) is 22.6 Å². The Morgan fingerprint density at radius 1 is 0.846 bits per heavy atom. The molecule has 6 nitrogen and oxygen atoms in total. The molecule has 0 unspecified atom stereocenters. The van der Waals surface area contributed by atoms with Gasteiger partial charge in [-0.15, -0.1) is 0 Å². The van der Waals surface area contributed by atoms with E-state index in [4.69, 9.17) is 9.47 Å². The number of esters is 1. The van der Waals surface area contributed by atoms with Crippen LogP contribution >= 0.6 is 0 Å². The van der Waals surface area contributed by atoms with Crippen LogP contribution in [-0.4, -0.2) is 17.5 Å². The fourth-order valence-corrected chi connectivity index (χ4v) is 4.35. The average molecular weight is 532 g/mol. The second kappa shape index (κ2) is 14.5. The third kappa shape index (κ3) is 9.86. The molecule has 0 saturated carbocycles. The molecule has 0 aliphatic heterocycles. The molecule has 0 spiro atoms. The first-order valence-electron chi connectivity index (χ1n) is 14.0. The minimum atomic E-state index is -0.417. The van der Waals surface area contributed by atoms with Crippen LogP contribution in [0.4, 0.5) is 5.69 Å². The van der Waals surface area contributed by atoms with Crippen molar-refractivity contribution < 1.29 is 19.2 Å². The molecule has 0 aliphatic carbocycles. The van der Waals surface area contributed by atoms with E-state index in [2.05, 4.69) is 27.7 Å². The zero-order chi connectivity index (χ0) is 28.3. The number of hydrogen-bond donors (Lipinski definition) is 0. The Kier molecular flexibility index (Phi) is 11.1. The van der Waals surface area contributed by atoms with Crippen molar-refractivity contribution in [2.75, 3.05) is 6.61 Å². The second-order valence-electron chi connectivity index (χ2n) is 11.2. The molecule has 208 valence electrons. The summed E-state index contributed by atoms with van der Waals surface area (Å²) in [5, 5.41) is 11.7. The number of benzene rings is 3. The van der Waals surface area contributed by atoms with Crippen molar-refractivity contribution in [3.63, 3.8) is 0 Å². The van der Waals surface area contributed by atoms with Crippen molar-refractivity contribution in [1.29, 1.82) is 0 Å². The van der Waals surface area contributed by atoms with Crippen LogP contribution in [0.2, 0.25) is 0 Å². The lowest BCUT2D eigenvalue weighted by atomic mass is 9.90. The largest absolute Gasteiger partial charge is 0.487 e. The van der Waals surface area contributed by atoms with Gasteiger partial charge in [0.15, 0.2) is 5.75 Å². The predicted octanol–water partition coefficient (Wildman–Crippen LogP) is 9.20. The van der Waals surface area contributed by atoms with Gasteiger partial charge in [-0.25, -0.2) is 4.79 Å². The van der Waals surface area contributed by atoms with Gasteiger partial charge in [0.2, 0.25) is 0 Å². The van der Waals surface area contributed by atoms with Crippen molar-refractivity contribution in [3.05, 3.63) is 88.0 Å². The quantitative estimate of drug-likeness (QED) is 0.0681. The molecule has 0 amide bonds. The maximum atomic E-state index is 12.6. The lowest BCUT2D eigenvalue weighted by molar-refractivity contribution is -0.385. The lowest BCUT2D eigenvalue weighted by Gasteiger charge is -2.17. The number of hydrogen-bond acceptors (Lipinski definition) is 5. The number of nitro benzene ring substituents is 1. The number of unbranched alkanes of at least 4 members (excludes halogenated alkanes) is 4. The SMILES string of the molecule is CCCCCCc1ccc(C(=O)Oc2ccc(-c3ccc(OCCCCC(C)(C)C)c([N+](=O)[O-])c3)cc2)cc1. The molecule has 0 aliphatic rings. The van der Waals surface area contributed by atoms with E-state index >= 15 is 0 Å². The number of carbonyl (C=O) groups is 1. The minimum Gasteiger partial charge on any atom is -0.487 e. The van der Waals surface area contributed by atoms with Gasteiger partial charge in [-0.3, -0.25) is 10.1 Å². The summed E-state index contributed by atoms with van der Waals surface area (Å²) in [7, 11) is 0. The number of carbonyl (C=O) groups excluding carboxylic acids is 1. The molecule has 0 atom stereocenters. The van der Waals surface area contributed by atoms with Crippen LogP contribution in [0.15, 0.2) is 66.7 Å². The lowest BCUT2D eigenvalue weighted by Crippen LogP contribution is -2.08. The van der Waals surface area contributed by atoms with Crippen molar-refractivity contribution >= 4 is 11.7 Å². The number of nitro groups is 1. The summed E-state index contributed by atoms with van der Waals surface area (Å²) in [6, 6.07) is 19.5. The highest BCUT2D eigenvalue weighted by Gasteiger charge is 2.17. The second-order valence-corrected chi connectivity index (χ2v) is 11.2. The van der Waals surface area contributed by atoms with Gasteiger partial charge >= 0.3 is 11.7 Å². The summed E-state index contributed by atoms with van der Waals surface area (Å²) in [6.07, 6.45) is 8.78. The molecule has 0 bridgehead atoms. The highest BCUT2D eigenvalue weighted by molar-refractivity contribution is 5.91. The van der Waals surface area contributed by atoms with Gasteiger partial charge < -0.3 is 9.47 Å². The van der Waals surface area contributed by atoms with Crippen LogP contribution in [-0.2, 0) is 6.42 Å². The Hall–Kier alpha value is -3.67. The molecule has 3 aromatic rings. The van der Waals surface area contributed by atoms with Crippen LogP contribution in [0.25, 0.3) is 11.1 Å². The van der Waals surface area contributed by atoms with E-state index < -0.39 is 10.9 Å². The van der Waals surface area contributed by atoms with Crippen molar-refractivity contribution in [1.82, 2.24) is 0 Å². The van der Waals surface area contributed by atoms with Gasteiger partial charge in [0, 0.05) is 6.07 Å². The summed E-state index contributed by atoms with van der Waals surface area (Å²) in [4.78, 5) is 23.9. The normalized spacial score (nSPS) is 11.3. The Balaban J connectivity index is 1.58. The van der Waals surface area contributed by atoms with E-state index in [1.165, 1.54) is 30.9 Å². The summed E-state index contributed by atoms with van der Waals surface area (Å²) >= 11 is 0. The van der Waals surface area contributed by atoms with E-state index in [-0.39, 0.29) is 16.9 Å². The van der Waals surface area contributed by atoms with Gasteiger partial charge in [0.05, 0.1) is 17.1 Å². The summed E-state index contributed by atoms with van der Waals surface area (Å²) in [5.41, 5.74) is 3.39. The van der Waals surface area contributed by atoms with Crippen LogP contribution in [0.1, 0.15) is 88.6 Å². The smallest absolute Gasteiger partial charge is 0.343 e. The molecular formula is C33H41NO5. The number of nitrogens with zero attached hydrogens (tertiary/aromatic N) is 1. The number of rotatable bonds is 14. The predicted molar refractivity (Wildman–Crippen MR) is 157 cm³/mol. The van der Waals surface area contributed by atoms with Gasteiger partial charge in [-0.2, -0.15) is 0 Å². The van der Waals surface area contributed by atoms with E-state index in [0.29, 0.717) is 23.5 Å². The summed E-state index contributed by atoms with van der Waals surface area (Å²) < 4.78 is 11.3. The molecule has 3 rings (SSSR count). The van der Waals surface area contributed by atoms with Crippen molar-refractivity contribution in [2.45, 2.75) is 79.1 Å². The first-order chi connectivity index (χ1) is 18.7. The van der Waals surface area contributed by atoms with Gasteiger partial charge in [0.25, 0.3) is 0 Å². The van der Waals surface area contributed by atoms with E-state index in [9.17, 15) is 14.9 Å². The third-order valence-corrected chi connectivity index (χ3v) is 6.64. The van der Waals surface area contributed by atoms with Crippen molar-refractivity contribution in [2.24, 2.45) is 5.41 Å². The van der Waals surface area contributed by atoms with Crippen LogP contribution in [0.5, 0.6) is 11.5 Å². The highest BCUT2D eigenvalue weighted by atomic mass is 16.6. The number of aryl methyl sites for hydroxylation is 1. The summed E-state index contributed by atoms with van der Waals surface area (Å²) in [5.74, 6) is 0.272. The maximum absolute atomic E-state index is 12.6. The molecule has 0 N–H and O–H groups in total. The van der Waals surface area contributed by atoms with Crippen LogP contribution < -0.4 is 9.47 Å². The van der Waals surface area contributed by atoms with E-state index in [1.54, 1.807) is 42.5 Å². The Bertz CT molecular complexity index is 1210. The van der Waals surface area contributed by atoms with E-state index in [0.717, 1.165) is 37.7 Å². The molecule has 6 heteroatoms. The fraction of sp³-hybridized carbons (Fsp3) is 0.424. The standard InChI is InChI=1S/C33H41NO5/c1-5-6-7-8-11-25-12-14-27(15-13-25)32(35)39-29-19-16-26(17-20-29)28-18-21-31(30(24-28)34(36)37)38-23-10-9-22-33(2,3)4/h12-21,24H,5-11,22-23H2,1-4H3. The zero-order valence-corrected chi connectivity index (χ0v) is 23.7. The van der Waals surface area contributed by atoms with E-state index in [1.807, 2.05) is 18.2 Å². The zero-order valence-electron chi connectivity index (χ0n) is 23.7. The topological polar surface area (TPSA) is 78.7 Å². The van der Waals surface area contributed by atoms with Crippen LogP contribution in [0, 0.1) is 15.5 Å². The molecule has 3 aromatic carbocycles. The van der Waals surface area contributed by atoms with Gasteiger partial charge in [-0.1, -0.05) is 77.3 Å². The third-order valence-electron chi connectivity index (χ3n) is 6.64. The first-order valence-corrected chi connectivity index (χ1v) is 14.0. The fourth-order valence-electron chi connectivity index (χ4n) is 4.35. The Morgan fingerprint density at radius 3 is 2.18 bits per heavy atom. The molecule has 39 heavy (non-hydrogen) atoms. The van der Waals surface area contributed by atoms with Gasteiger partial charge in [-0.05, 0) is 84.5 Å². The van der Waals surface area contributed by atoms with Crippen LogP contribution in [0.3, 0.4) is 0 Å². The minimum absolute atomic E-state index is 0.0624. The average Bonchev–Trinajstić information content (AvgIpc) is 2.91. The Labute approximate surface area is 232 Å². The highest BCUT2D eigenvalue weighted by Crippen LogP contribution is 2.33.